The summed E-state index contributed by atoms with van der Waals surface area (Å²) in [7, 11) is 1.53. The number of pyridine rings is 2. The van der Waals surface area contributed by atoms with E-state index >= 15 is 0 Å². The molecule has 2 rings (SSSR count). The molecule has 7 heteroatoms. The minimum atomic E-state index is -0.698. The number of aromatic nitrogens is 2. The fourth-order valence-electron chi connectivity index (χ4n) is 1.88. The van der Waals surface area contributed by atoms with Crippen LogP contribution in [0.25, 0.3) is 0 Å². The Kier molecular flexibility index (Phi) is 5.62. The summed E-state index contributed by atoms with van der Waals surface area (Å²) in [4.78, 5) is 31.7. The fraction of sp³-hybridized carbons (Fsp3) is 0.250. The van der Waals surface area contributed by atoms with Crippen molar-refractivity contribution in [2.75, 3.05) is 7.11 Å². The summed E-state index contributed by atoms with van der Waals surface area (Å²) in [6.45, 7) is 2.00. The Bertz CT molecular complexity index is 659. The van der Waals surface area contributed by atoms with Crippen molar-refractivity contribution >= 4 is 11.8 Å². The molecule has 2 aromatic heterocycles. The van der Waals surface area contributed by atoms with Crippen molar-refractivity contribution in [2.24, 2.45) is 0 Å². The van der Waals surface area contributed by atoms with Crippen molar-refractivity contribution in [2.45, 2.75) is 19.5 Å². The first-order chi connectivity index (χ1) is 11.1. The summed E-state index contributed by atoms with van der Waals surface area (Å²) < 4.78 is 4.95. The Morgan fingerprint density at radius 3 is 2.65 bits per heavy atom. The van der Waals surface area contributed by atoms with E-state index in [1.54, 1.807) is 43.7 Å². The fourth-order valence-corrected chi connectivity index (χ4v) is 1.88. The number of nitrogens with zero attached hydrogens (tertiary/aromatic N) is 2. The summed E-state index contributed by atoms with van der Waals surface area (Å²) in [5.74, 6) is -0.900. The third kappa shape index (κ3) is 4.77. The van der Waals surface area contributed by atoms with Crippen molar-refractivity contribution in [3.63, 3.8) is 0 Å². The summed E-state index contributed by atoms with van der Waals surface area (Å²) in [6.07, 6.45) is 4.87. The third-order valence-corrected chi connectivity index (χ3v) is 3.20. The molecule has 0 bridgehead atoms. The maximum atomic E-state index is 11.9. The van der Waals surface area contributed by atoms with E-state index in [1.165, 1.54) is 7.11 Å². The van der Waals surface area contributed by atoms with Crippen molar-refractivity contribution in [3.05, 3.63) is 54.0 Å². The molecule has 2 amide bonds. The van der Waals surface area contributed by atoms with Gasteiger partial charge in [-0.25, -0.2) is 4.98 Å². The quantitative estimate of drug-likeness (QED) is 0.803. The zero-order valence-corrected chi connectivity index (χ0v) is 12.9. The van der Waals surface area contributed by atoms with Crippen LogP contribution >= 0.6 is 0 Å². The van der Waals surface area contributed by atoms with Crippen LogP contribution in [0, 0.1) is 0 Å². The Balaban J connectivity index is 1.83. The van der Waals surface area contributed by atoms with E-state index in [0.717, 1.165) is 11.1 Å². The van der Waals surface area contributed by atoms with Gasteiger partial charge in [-0.2, -0.15) is 0 Å². The molecule has 120 valence electrons. The predicted molar refractivity (Wildman–Crippen MR) is 83.4 cm³/mol. The number of carbonyl (C=O) groups excluding carboxylic acids is 2. The summed E-state index contributed by atoms with van der Waals surface area (Å²) in [6, 6.07) is 6.76. The maximum absolute atomic E-state index is 11.9. The highest BCUT2D eigenvalue weighted by molar-refractivity contribution is 6.35. The molecular weight excluding hydrogens is 296 g/mol. The molecule has 0 saturated carbocycles. The molecule has 2 heterocycles. The summed E-state index contributed by atoms with van der Waals surface area (Å²) >= 11 is 0. The van der Waals surface area contributed by atoms with E-state index in [-0.39, 0.29) is 12.6 Å². The van der Waals surface area contributed by atoms with Gasteiger partial charge in [-0.15, -0.1) is 0 Å². The molecule has 0 saturated heterocycles. The molecule has 0 fully saturated rings. The van der Waals surface area contributed by atoms with Gasteiger partial charge in [0.2, 0.25) is 5.88 Å². The average Bonchev–Trinajstić information content (AvgIpc) is 2.60. The molecule has 0 aromatic carbocycles. The number of hydrogen-bond donors (Lipinski definition) is 2. The van der Waals surface area contributed by atoms with Gasteiger partial charge in [0.15, 0.2) is 0 Å². The molecule has 2 aromatic rings. The number of ether oxygens (including phenoxy) is 1. The van der Waals surface area contributed by atoms with Crippen molar-refractivity contribution in [3.8, 4) is 5.88 Å². The first-order valence-corrected chi connectivity index (χ1v) is 7.07. The molecule has 0 aliphatic rings. The lowest BCUT2D eigenvalue weighted by atomic mass is 10.1. The molecular formula is C16H18N4O3. The molecule has 0 aliphatic heterocycles. The third-order valence-electron chi connectivity index (χ3n) is 3.20. The van der Waals surface area contributed by atoms with E-state index in [2.05, 4.69) is 20.6 Å². The monoisotopic (exact) mass is 314 g/mol. The SMILES string of the molecule is COc1ccc(CNC(=O)C(=O)N[C@@H](C)c2cccnc2)cn1. The first kappa shape index (κ1) is 16.4. The van der Waals surface area contributed by atoms with Crippen molar-refractivity contribution < 1.29 is 14.3 Å². The van der Waals surface area contributed by atoms with Crippen LogP contribution in [-0.2, 0) is 16.1 Å². The highest BCUT2D eigenvalue weighted by Crippen LogP contribution is 2.09. The van der Waals surface area contributed by atoms with Crippen LogP contribution < -0.4 is 15.4 Å². The smallest absolute Gasteiger partial charge is 0.309 e. The number of amides is 2. The number of hydrogen-bond acceptors (Lipinski definition) is 5. The van der Waals surface area contributed by atoms with Gasteiger partial charge >= 0.3 is 11.8 Å². The second kappa shape index (κ2) is 7.88. The predicted octanol–water partition coefficient (Wildman–Crippen LogP) is 0.979. The summed E-state index contributed by atoms with van der Waals surface area (Å²) in [5, 5.41) is 5.17. The lowest BCUT2D eigenvalue weighted by molar-refractivity contribution is -0.139. The lowest BCUT2D eigenvalue weighted by Crippen LogP contribution is -2.40. The highest BCUT2D eigenvalue weighted by atomic mass is 16.5. The van der Waals surface area contributed by atoms with E-state index in [9.17, 15) is 9.59 Å². The van der Waals surface area contributed by atoms with Gasteiger partial charge in [0, 0.05) is 31.2 Å². The van der Waals surface area contributed by atoms with Crippen LogP contribution in [0.2, 0.25) is 0 Å². The van der Waals surface area contributed by atoms with Gasteiger partial charge in [-0.3, -0.25) is 14.6 Å². The molecule has 0 spiro atoms. The van der Waals surface area contributed by atoms with Crippen LogP contribution in [0.5, 0.6) is 5.88 Å². The standard InChI is InChI=1S/C16H18N4O3/c1-11(13-4-3-7-17-10-13)20-16(22)15(21)19-9-12-5-6-14(23-2)18-8-12/h3-8,10-11H,9H2,1-2H3,(H,19,21)(H,20,22)/t11-/m0/s1. The van der Waals surface area contributed by atoms with Crippen LogP contribution in [0.3, 0.4) is 0 Å². The molecule has 1 atom stereocenters. The highest BCUT2D eigenvalue weighted by Gasteiger charge is 2.16. The van der Waals surface area contributed by atoms with Crippen LogP contribution in [-0.4, -0.2) is 28.9 Å². The lowest BCUT2D eigenvalue weighted by Gasteiger charge is -2.13. The van der Waals surface area contributed by atoms with E-state index < -0.39 is 11.8 Å². The van der Waals surface area contributed by atoms with Crippen molar-refractivity contribution in [1.29, 1.82) is 0 Å². The van der Waals surface area contributed by atoms with Gasteiger partial charge < -0.3 is 15.4 Å². The molecule has 0 unspecified atom stereocenters. The Hall–Kier alpha value is -2.96. The Morgan fingerprint density at radius 1 is 1.22 bits per heavy atom. The zero-order chi connectivity index (χ0) is 16.7. The van der Waals surface area contributed by atoms with Gasteiger partial charge in [-0.05, 0) is 24.1 Å². The van der Waals surface area contributed by atoms with Gasteiger partial charge in [-0.1, -0.05) is 12.1 Å². The van der Waals surface area contributed by atoms with Crippen molar-refractivity contribution in [1.82, 2.24) is 20.6 Å². The number of carbonyl (C=O) groups is 2. The molecule has 0 aliphatic carbocycles. The van der Waals surface area contributed by atoms with E-state index in [4.69, 9.17) is 4.74 Å². The van der Waals surface area contributed by atoms with Gasteiger partial charge in [0.1, 0.15) is 0 Å². The number of rotatable bonds is 5. The van der Waals surface area contributed by atoms with E-state index in [0.29, 0.717) is 5.88 Å². The second-order valence-corrected chi connectivity index (χ2v) is 4.87. The van der Waals surface area contributed by atoms with Gasteiger partial charge in [0.25, 0.3) is 0 Å². The minimum Gasteiger partial charge on any atom is -0.481 e. The largest absolute Gasteiger partial charge is 0.481 e. The molecule has 23 heavy (non-hydrogen) atoms. The topological polar surface area (TPSA) is 93.2 Å². The van der Waals surface area contributed by atoms with E-state index in [1.807, 2.05) is 6.07 Å². The minimum absolute atomic E-state index is 0.213. The Morgan fingerprint density at radius 2 is 2.04 bits per heavy atom. The number of nitrogens with one attached hydrogen (secondary N) is 2. The number of methoxy groups -OCH3 is 1. The van der Waals surface area contributed by atoms with Crippen LogP contribution in [0.15, 0.2) is 42.9 Å². The zero-order valence-electron chi connectivity index (χ0n) is 12.9. The summed E-state index contributed by atoms with van der Waals surface area (Å²) in [5.41, 5.74) is 1.60. The molecule has 0 radical (unpaired) electrons. The first-order valence-electron chi connectivity index (χ1n) is 7.07. The normalized spacial score (nSPS) is 11.4. The van der Waals surface area contributed by atoms with Crippen LogP contribution in [0.4, 0.5) is 0 Å². The van der Waals surface area contributed by atoms with Gasteiger partial charge in [0.05, 0.1) is 13.2 Å². The second-order valence-electron chi connectivity index (χ2n) is 4.87. The Labute approximate surface area is 134 Å². The molecule has 2 N–H and O–H groups in total. The average molecular weight is 314 g/mol. The van der Waals surface area contributed by atoms with Crippen LogP contribution in [0.1, 0.15) is 24.1 Å². The maximum Gasteiger partial charge on any atom is 0.309 e. The molecule has 7 nitrogen and oxygen atoms in total.